The average molecular weight is 997 g/mol. The normalized spacial score (nSPS) is 11.8. The maximum absolute atomic E-state index is 6.91. The van der Waals surface area contributed by atoms with Gasteiger partial charge in [0, 0.05) is 21.5 Å². The Morgan fingerprint density at radius 3 is 0.833 bits per heavy atom. The van der Waals surface area contributed by atoms with Crippen molar-refractivity contribution < 1.29 is 8.83 Å². The van der Waals surface area contributed by atoms with Crippen LogP contribution in [0.2, 0.25) is 0 Å². The lowest BCUT2D eigenvalue weighted by Crippen LogP contribution is -1.89. The van der Waals surface area contributed by atoms with Gasteiger partial charge in [0.1, 0.15) is 22.3 Å². The van der Waals surface area contributed by atoms with Crippen LogP contribution in [0.4, 0.5) is 0 Å². The first-order valence-electron chi connectivity index (χ1n) is 27.1. The van der Waals surface area contributed by atoms with Gasteiger partial charge in [-0.05, 0) is 183 Å². The lowest BCUT2D eigenvalue weighted by molar-refractivity contribution is 0.664. The Hall–Kier alpha value is -9.76. The summed E-state index contributed by atoms with van der Waals surface area (Å²) < 4.78 is 13.7. The number of fused-ring (bicyclic) bond motifs is 4. The van der Waals surface area contributed by atoms with Gasteiger partial charge in [-0.3, -0.25) is 0 Å². The number of hydrogen-bond acceptors (Lipinski definition) is 2. The number of benzene rings is 14. The van der Waals surface area contributed by atoms with E-state index in [-0.39, 0.29) is 0 Å². The van der Waals surface area contributed by atoms with Gasteiger partial charge in [0.05, 0.1) is 0 Å². The van der Waals surface area contributed by atoms with E-state index in [0.29, 0.717) is 0 Å². The Kier molecular flexibility index (Phi) is 10.5. The Bertz CT molecular complexity index is 4780. The predicted octanol–water partition coefficient (Wildman–Crippen LogP) is 22.0. The molecule has 2 heterocycles. The summed E-state index contributed by atoms with van der Waals surface area (Å²) in [7, 11) is 0. The van der Waals surface area contributed by atoms with Crippen molar-refractivity contribution in [3.05, 3.63) is 265 Å². The molecule has 0 amide bonds. The Balaban J connectivity index is 0.000000139. The average Bonchev–Trinajstić information content (AvgIpc) is 3.99. The molecule has 0 bridgehead atoms. The van der Waals surface area contributed by atoms with Crippen molar-refractivity contribution in [3.8, 4) is 44.5 Å². The third kappa shape index (κ3) is 7.03. The van der Waals surface area contributed by atoms with Crippen LogP contribution < -0.4 is 0 Å². The highest BCUT2D eigenvalue weighted by molar-refractivity contribution is 6.30. The molecular weight excluding hydrogens is 945 g/mol. The molecule has 0 N–H and O–H groups in total. The fourth-order valence-corrected chi connectivity index (χ4v) is 13.1. The maximum Gasteiger partial charge on any atom is 0.135 e. The minimum absolute atomic E-state index is 0.910. The van der Waals surface area contributed by atoms with Crippen LogP contribution in [0.1, 0.15) is 22.3 Å². The van der Waals surface area contributed by atoms with Crippen LogP contribution in [-0.4, -0.2) is 0 Å². The molecule has 2 heteroatoms. The largest absolute Gasteiger partial charge is 0.456 e. The SMILES string of the molecule is Cc1ccc2c(-c3cccc4ccccc34)ccc3oc4ccc(-c5cccc6ccccc56)c5ccc(C)c(c1c32)c45.Cc1ccc2c(-c3ccccc3)ccc3oc4ccc(-c5ccccc5)c5ccc(C)c(c1c32)c45. The van der Waals surface area contributed by atoms with Crippen LogP contribution >= 0.6 is 0 Å². The molecule has 0 saturated carbocycles. The molecule has 2 nitrogen and oxygen atoms in total. The zero-order valence-corrected chi connectivity index (χ0v) is 43.9. The molecule has 0 unspecified atom stereocenters. The fraction of sp³-hybridized carbons (Fsp3) is 0.0526. The molecule has 0 aliphatic rings. The molecule has 0 aliphatic carbocycles. The summed E-state index contributed by atoms with van der Waals surface area (Å²) in [6.07, 6.45) is 0. The van der Waals surface area contributed by atoms with Gasteiger partial charge in [-0.1, -0.05) is 218 Å². The second kappa shape index (κ2) is 17.9. The lowest BCUT2D eigenvalue weighted by Gasteiger charge is -2.14. The zero-order chi connectivity index (χ0) is 52.2. The fourth-order valence-electron chi connectivity index (χ4n) is 13.1. The molecular formula is C76H52O2. The molecule has 368 valence electrons. The Morgan fingerprint density at radius 1 is 0.192 bits per heavy atom. The molecule has 0 atom stereocenters. The van der Waals surface area contributed by atoms with Crippen molar-refractivity contribution in [2.24, 2.45) is 0 Å². The van der Waals surface area contributed by atoms with Crippen LogP contribution in [0, 0.1) is 27.7 Å². The minimum atomic E-state index is 0.910. The van der Waals surface area contributed by atoms with E-state index in [9.17, 15) is 0 Å². The second-order valence-corrected chi connectivity index (χ2v) is 21.2. The molecule has 0 aliphatic heterocycles. The van der Waals surface area contributed by atoms with Crippen molar-refractivity contribution in [1.29, 1.82) is 0 Å². The van der Waals surface area contributed by atoms with E-state index >= 15 is 0 Å². The highest BCUT2D eigenvalue weighted by Crippen LogP contribution is 2.47. The van der Waals surface area contributed by atoms with E-state index in [1.165, 1.54) is 153 Å². The maximum atomic E-state index is 6.91. The first kappa shape index (κ1) is 45.6. The standard InChI is InChI=1S/C42H28O.C34H24O/c1-25-17-19-35-33(31-15-7-11-27-9-3-5-13-29(27)31)21-23-37-41(35)39(25)40-26(2)18-20-36-34(22-24-38(43-37)42(36)40)32-16-8-12-28-10-4-6-14-30(28)32;1-21-13-15-27-25(23-9-5-3-6-10-23)17-19-29-33(27)31(21)32-22(2)14-16-28-26(24-11-7-4-8-12-24)18-20-30(35-29)34(28)32/h3-24H,1-2H3;3-20H,1-2H3. The number of rotatable bonds is 4. The molecule has 16 rings (SSSR count). The third-order valence-electron chi connectivity index (χ3n) is 16.7. The van der Waals surface area contributed by atoms with Gasteiger partial charge in [0.25, 0.3) is 0 Å². The summed E-state index contributed by atoms with van der Waals surface area (Å²) in [5, 5.41) is 19.8. The molecule has 0 saturated heterocycles. The molecule has 0 radical (unpaired) electrons. The van der Waals surface area contributed by atoms with Crippen LogP contribution in [0.25, 0.3) is 153 Å². The predicted molar refractivity (Wildman–Crippen MR) is 333 cm³/mol. The Labute approximate surface area is 452 Å². The van der Waals surface area contributed by atoms with Crippen molar-refractivity contribution >= 4 is 109 Å². The summed E-state index contributed by atoms with van der Waals surface area (Å²) in [5.74, 6) is 0. The van der Waals surface area contributed by atoms with Gasteiger partial charge >= 0.3 is 0 Å². The van der Waals surface area contributed by atoms with Gasteiger partial charge in [-0.25, -0.2) is 0 Å². The molecule has 2 aromatic heterocycles. The van der Waals surface area contributed by atoms with Gasteiger partial charge in [0.15, 0.2) is 0 Å². The third-order valence-corrected chi connectivity index (χ3v) is 16.7. The topological polar surface area (TPSA) is 26.3 Å². The molecule has 0 fully saturated rings. The van der Waals surface area contributed by atoms with E-state index < -0.39 is 0 Å². The van der Waals surface area contributed by atoms with Crippen LogP contribution in [-0.2, 0) is 0 Å². The van der Waals surface area contributed by atoms with Crippen molar-refractivity contribution in [2.75, 3.05) is 0 Å². The minimum Gasteiger partial charge on any atom is -0.456 e. The molecule has 0 spiro atoms. The van der Waals surface area contributed by atoms with Crippen molar-refractivity contribution in [3.63, 3.8) is 0 Å². The highest BCUT2D eigenvalue weighted by atomic mass is 16.3. The first-order chi connectivity index (χ1) is 38.4. The molecule has 14 aromatic carbocycles. The highest BCUT2D eigenvalue weighted by Gasteiger charge is 2.22. The quantitative estimate of drug-likeness (QED) is 0.176. The number of aryl methyl sites for hydroxylation is 4. The van der Waals surface area contributed by atoms with Gasteiger partial charge < -0.3 is 8.83 Å². The summed E-state index contributed by atoms with van der Waals surface area (Å²) in [6.45, 7) is 8.91. The van der Waals surface area contributed by atoms with E-state index in [1.807, 2.05) is 0 Å². The monoisotopic (exact) mass is 996 g/mol. The van der Waals surface area contributed by atoms with Crippen molar-refractivity contribution in [1.82, 2.24) is 0 Å². The van der Waals surface area contributed by atoms with Crippen LogP contribution in [0.15, 0.2) is 251 Å². The molecule has 16 aromatic rings. The van der Waals surface area contributed by atoms with Gasteiger partial charge in [-0.15, -0.1) is 0 Å². The lowest BCUT2D eigenvalue weighted by atomic mass is 9.88. The summed E-state index contributed by atoms with van der Waals surface area (Å²) in [4.78, 5) is 0. The smallest absolute Gasteiger partial charge is 0.135 e. The van der Waals surface area contributed by atoms with Crippen LogP contribution in [0.3, 0.4) is 0 Å². The van der Waals surface area contributed by atoms with E-state index in [0.717, 1.165) is 22.3 Å². The van der Waals surface area contributed by atoms with E-state index in [2.05, 4.69) is 270 Å². The molecule has 78 heavy (non-hydrogen) atoms. The second-order valence-electron chi connectivity index (χ2n) is 21.2. The first-order valence-corrected chi connectivity index (χ1v) is 27.1. The Morgan fingerprint density at radius 2 is 0.474 bits per heavy atom. The van der Waals surface area contributed by atoms with Crippen molar-refractivity contribution in [2.45, 2.75) is 27.7 Å². The summed E-state index contributed by atoms with van der Waals surface area (Å²) in [5.41, 5.74) is 18.5. The summed E-state index contributed by atoms with van der Waals surface area (Å²) >= 11 is 0. The van der Waals surface area contributed by atoms with Gasteiger partial charge in [-0.2, -0.15) is 0 Å². The summed E-state index contributed by atoms with van der Waals surface area (Å²) in [6, 6.07) is 87.5. The number of hydrogen-bond donors (Lipinski definition) is 0. The van der Waals surface area contributed by atoms with Crippen LogP contribution in [0.5, 0.6) is 0 Å². The zero-order valence-electron chi connectivity index (χ0n) is 43.9. The van der Waals surface area contributed by atoms with Gasteiger partial charge in [0.2, 0.25) is 0 Å². The van der Waals surface area contributed by atoms with E-state index in [4.69, 9.17) is 8.83 Å². The van der Waals surface area contributed by atoms with E-state index in [1.54, 1.807) is 0 Å².